The minimum Gasteiger partial charge on any atom is -0.323 e. The van der Waals surface area contributed by atoms with Gasteiger partial charge >= 0.3 is 0 Å². The topological polar surface area (TPSA) is 33.5 Å². The molecule has 3 nitrogen and oxygen atoms in total. The number of hydrogen-bond acceptors (Lipinski definition) is 2. The van der Waals surface area contributed by atoms with E-state index in [0.717, 1.165) is 12.2 Å². The number of carbonyl (C=O) groups excluding carboxylic acids is 1. The summed E-state index contributed by atoms with van der Waals surface area (Å²) in [7, 11) is 2.03. The molecule has 1 unspecified atom stereocenters. The largest absolute Gasteiger partial charge is 0.323 e. The molecule has 1 aromatic carbocycles. The Labute approximate surface area is 128 Å². The lowest BCUT2D eigenvalue weighted by Gasteiger charge is -2.20. The highest BCUT2D eigenvalue weighted by molar-refractivity contribution is 7.09. The zero-order valence-corrected chi connectivity index (χ0v) is 13.1. The van der Waals surface area contributed by atoms with Crippen molar-refractivity contribution < 1.29 is 9.69 Å². The number of anilines is 1. The van der Waals surface area contributed by atoms with Crippen LogP contribution in [0.3, 0.4) is 0 Å². The van der Waals surface area contributed by atoms with E-state index in [4.69, 9.17) is 11.6 Å². The minimum absolute atomic E-state index is 0.0152. The van der Waals surface area contributed by atoms with Gasteiger partial charge in [-0.25, -0.2) is 0 Å². The molecular weight excluding hydrogens is 292 g/mol. The second-order valence-corrected chi connectivity index (χ2v) is 6.29. The van der Waals surface area contributed by atoms with Gasteiger partial charge in [0.2, 0.25) is 0 Å². The average Bonchev–Trinajstić information content (AvgIpc) is 2.93. The van der Waals surface area contributed by atoms with Gasteiger partial charge in [0.25, 0.3) is 5.91 Å². The molecule has 0 aliphatic rings. The molecule has 5 heteroatoms. The predicted octanol–water partition coefficient (Wildman–Crippen LogP) is 2.44. The lowest BCUT2D eigenvalue weighted by atomic mass is 10.2. The van der Waals surface area contributed by atoms with Gasteiger partial charge in [-0.05, 0) is 42.6 Å². The Morgan fingerprint density at radius 3 is 2.65 bits per heavy atom. The van der Waals surface area contributed by atoms with Gasteiger partial charge in [0.15, 0.2) is 6.04 Å². The molecule has 0 bridgehead atoms. The fourth-order valence-electron chi connectivity index (χ4n) is 1.85. The highest BCUT2D eigenvalue weighted by Crippen LogP contribution is 2.13. The van der Waals surface area contributed by atoms with Crippen molar-refractivity contribution in [2.75, 3.05) is 12.4 Å². The Morgan fingerprint density at radius 1 is 1.35 bits per heavy atom. The second kappa shape index (κ2) is 6.88. The number of likely N-dealkylation sites (N-methyl/N-ethyl adjacent to an activating group) is 1. The normalized spacial score (nSPS) is 13.8. The Morgan fingerprint density at radius 2 is 2.05 bits per heavy atom. The smallest absolute Gasteiger partial charge is 0.282 e. The first kappa shape index (κ1) is 15.0. The maximum atomic E-state index is 12.2. The number of halogens is 1. The van der Waals surface area contributed by atoms with Gasteiger partial charge in [-0.15, -0.1) is 11.3 Å². The van der Waals surface area contributed by atoms with Crippen molar-refractivity contribution in [2.24, 2.45) is 0 Å². The Kier molecular flexibility index (Phi) is 5.17. The molecule has 0 radical (unpaired) electrons. The molecule has 0 aliphatic carbocycles. The molecule has 1 aromatic heterocycles. The van der Waals surface area contributed by atoms with Crippen LogP contribution in [-0.2, 0) is 11.3 Å². The van der Waals surface area contributed by atoms with E-state index in [0.29, 0.717) is 5.02 Å². The molecule has 20 heavy (non-hydrogen) atoms. The number of carbonyl (C=O) groups is 1. The van der Waals surface area contributed by atoms with E-state index in [9.17, 15) is 4.79 Å². The van der Waals surface area contributed by atoms with Crippen molar-refractivity contribution in [2.45, 2.75) is 19.5 Å². The maximum Gasteiger partial charge on any atom is 0.282 e. The van der Waals surface area contributed by atoms with Gasteiger partial charge in [-0.3, -0.25) is 4.79 Å². The quantitative estimate of drug-likeness (QED) is 0.874. The number of rotatable bonds is 5. The summed E-state index contributed by atoms with van der Waals surface area (Å²) in [5.41, 5.74) is 0.773. The van der Waals surface area contributed by atoms with Crippen molar-refractivity contribution in [3.05, 3.63) is 51.7 Å². The Bertz CT molecular complexity index is 554. The number of thiophene rings is 1. The molecule has 0 saturated carbocycles. The fraction of sp³-hybridized carbons (Fsp3) is 0.267. The number of amides is 1. The summed E-state index contributed by atoms with van der Waals surface area (Å²) >= 11 is 7.54. The minimum atomic E-state index is -0.118. The van der Waals surface area contributed by atoms with Crippen LogP contribution >= 0.6 is 22.9 Å². The summed E-state index contributed by atoms with van der Waals surface area (Å²) in [6, 6.07) is 11.2. The third-order valence-electron chi connectivity index (χ3n) is 3.28. The first-order valence-electron chi connectivity index (χ1n) is 6.47. The first-order valence-corrected chi connectivity index (χ1v) is 7.73. The van der Waals surface area contributed by atoms with Gasteiger partial charge in [0, 0.05) is 10.7 Å². The third kappa shape index (κ3) is 4.07. The summed E-state index contributed by atoms with van der Waals surface area (Å²) in [5.74, 6) is 0.0152. The molecule has 2 N–H and O–H groups in total. The van der Waals surface area contributed by atoms with Gasteiger partial charge in [0.1, 0.15) is 6.54 Å². The maximum absolute atomic E-state index is 12.2. The summed E-state index contributed by atoms with van der Waals surface area (Å²) in [5, 5.41) is 5.63. The van der Waals surface area contributed by atoms with Gasteiger partial charge in [-0.2, -0.15) is 0 Å². The number of hydrogen-bond donors (Lipinski definition) is 2. The number of benzene rings is 1. The molecule has 2 aromatic rings. The van der Waals surface area contributed by atoms with E-state index in [2.05, 4.69) is 16.8 Å². The summed E-state index contributed by atoms with van der Waals surface area (Å²) < 4.78 is 0. The molecule has 0 spiro atoms. The van der Waals surface area contributed by atoms with E-state index in [-0.39, 0.29) is 11.9 Å². The summed E-state index contributed by atoms with van der Waals surface area (Å²) in [6.45, 7) is 2.79. The number of nitrogens with one attached hydrogen (secondary N) is 2. The summed E-state index contributed by atoms with van der Waals surface area (Å²) in [6.07, 6.45) is 0. The lowest BCUT2D eigenvalue weighted by Crippen LogP contribution is -3.12. The van der Waals surface area contributed by atoms with Crippen molar-refractivity contribution in [3.63, 3.8) is 0 Å². The van der Waals surface area contributed by atoms with Crippen LogP contribution in [-0.4, -0.2) is 19.0 Å². The summed E-state index contributed by atoms with van der Waals surface area (Å²) in [4.78, 5) is 14.7. The van der Waals surface area contributed by atoms with Gasteiger partial charge < -0.3 is 10.2 Å². The van der Waals surface area contributed by atoms with E-state index >= 15 is 0 Å². The standard InChI is InChI=1S/C15H17ClN2OS/c1-11(18(2)10-14-4-3-9-20-14)15(19)17-13-7-5-12(16)6-8-13/h3-9,11H,10H2,1-2H3,(H,17,19)/p+1/t11-/m1/s1. The van der Waals surface area contributed by atoms with E-state index in [1.807, 2.05) is 32.2 Å². The van der Waals surface area contributed by atoms with Crippen LogP contribution in [0, 0.1) is 0 Å². The third-order valence-corrected chi connectivity index (χ3v) is 4.41. The zero-order valence-electron chi connectivity index (χ0n) is 11.5. The SMILES string of the molecule is C[C@H](C(=O)Nc1ccc(Cl)cc1)[NH+](C)Cc1cccs1. The molecule has 2 atom stereocenters. The van der Waals surface area contributed by atoms with Gasteiger partial charge in [-0.1, -0.05) is 17.7 Å². The highest BCUT2D eigenvalue weighted by atomic mass is 35.5. The van der Waals surface area contributed by atoms with Gasteiger partial charge in [0.05, 0.1) is 11.9 Å². The van der Waals surface area contributed by atoms with Crippen molar-refractivity contribution in [1.29, 1.82) is 0 Å². The molecule has 0 aliphatic heterocycles. The van der Waals surface area contributed by atoms with Crippen molar-refractivity contribution >= 4 is 34.5 Å². The van der Waals surface area contributed by atoms with Crippen LogP contribution in [0.25, 0.3) is 0 Å². The molecule has 0 saturated heterocycles. The Balaban J connectivity index is 1.92. The van der Waals surface area contributed by atoms with Crippen LogP contribution in [0.15, 0.2) is 41.8 Å². The number of quaternary nitrogens is 1. The lowest BCUT2D eigenvalue weighted by molar-refractivity contribution is -0.907. The van der Waals surface area contributed by atoms with Crippen molar-refractivity contribution in [3.8, 4) is 0 Å². The molecular formula is C15H18ClN2OS+. The monoisotopic (exact) mass is 309 g/mol. The molecule has 0 fully saturated rings. The zero-order chi connectivity index (χ0) is 14.5. The van der Waals surface area contributed by atoms with Crippen molar-refractivity contribution in [1.82, 2.24) is 0 Å². The van der Waals surface area contributed by atoms with E-state index in [1.165, 1.54) is 9.78 Å². The first-order chi connectivity index (χ1) is 9.56. The molecule has 1 heterocycles. The van der Waals surface area contributed by atoms with Crippen LogP contribution < -0.4 is 10.2 Å². The molecule has 2 rings (SSSR count). The molecule has 1 amide bonds. The van der Waals surface area contributed by atoms with E-state index in [1.54, 1.807) is 23.5 Å². The fourth-order valence-corrected chi connectivity index (χ4v) is 2.77. The Hall–Kier alpha value is -1.36. The van der Waals surface area contributed by atoms with Crippen LogP contribution in [0.5, 0.6) is 0 Å². The van der Waals surface area contributed by atoms with Crippen LogP contribution in [0.1, 0.15) is 11.8 Å². The highest BCUT2D eigenvalue weighted by Gasteiger charge is 2.22. The van der Waals surface area contributed by atoms with Crippen LogP contribution in [0.4, 0.5) is 5.69 Å². The predicted molar refractivity (Wildman–Crippen MR) is 84.5 cm³/mol. The second-order valence-electron chi connectivity index (χ2n) is 4.82. The molecule has 106 valence electrons. The average molecular weight is 310 g/mol. The van der Waals surface area contributed by atoms with Crippen LogP contribution in [0.2, 0.25) is 5.02 Å². The van der Waals surface area contributed by atoms with E-state index < -0.39 is 0 Å².